The van der Waals surface area contributed by atoms with E-state index >= 15 is 0 Å². The van der Waals surface area contributed by atoms with Crippen molar-refractivity contribution in [3.05, 3.63) is 42.0 Å². The second-order valence-corrected chi connectivity index (χ2v) is 5.61. The van der Waals surface area contributed by atoms with Crippen molar-refractivity contribution in [2.75, 3.05) is 20.3 Å². The van der Waals surface area contributed by atoms with Crippen molar-refractivity contribution < 1.29 is 9.47 Å². The van der Waals surface area contributed by atoms with Crippen LogP contribution in [0, 0.1) is 0 Å². The van der Waals surface area contributed by atoms with E-state index in [-0.39, 0.29) is 0 Å². The van der Waals surface area contributed by atoms with E-state index in [2.05, 4.69) is 41.7 Å². The van der Waals surface area contributed by atoms with Crippen LogP contribution in [0.25, 0.3) is 10.8 Å². The van der Waals surface area contributed by atoms with E-state index < -0.39 is 0 Å². The highest BCUT2D eigenvalue weighted by atomic mass is 16.5. The summed E-state index contributed by atoms with van der Waals surface area (Å²) in [4.78, 5) is 0. The summed E-state index contributed by atoms with van der Waals surface area (Å²) < 4.78 is 11.1. The Kier molecular flexibility index (Phi) is 4.73. The Morgan fingerprint density at radius 2 is 1.95 bits per heavy atom. The van der Waals surface area contributed by atoms with E-state index in [9.17, 15) is 0 Å². The van der Waals surface area contributed by atoms with Crippen LogP contribution in [0.1, 0.15) is 24.8 Å². The van der Waals surface area contributed by atoms with Gasteiger partial charge < -0.3 is 14.8 Å². The average molecular weight is 285 g/mol. The van der Waals surface area contributed by atoms with E-state index in [0.29, 0.717) is 12.6 Å². The Hall–Kier alpha value is -1.58. The summed E-state index contributed by atoms with van der Waals surface area (Å²) in [5.41, 5.74) is 1.28. The first-order chi connectivity index (χ1) is 10.4. The Morgan fingerprint density at radius 1 is 1.10 bits per heavy atom. The van der Waals surface area contributed by atoms with Crippen molar-refractivity contribution in [2.24, 2.45) is 0 Å². The fourth-order valence-corrected chi connectivity index (χ4v) is 2.55. The minimum atomic E-state index is 0.697. The van der Waals surface area contributed by atoms with Crippen LogP contribution in [0.3, 0.4) is 0 Å². The van der Waals surface area contributed by atoms with Crippen molar-refractivity contribution in [1.29, 1.82) is 0 Å². The summed E-state index contributed by atoms with van der Waals surface area (Å²) in [5, 5.41) is 6.16. The molecule has 1 fully saturated rings. The van der Waals surface area contributed by atoms with E-state index in [0.717, 1.165) is 25.3 Å². The van der Waals surface area contributed by atoms with Gasteiger partial charge in [0.15, 0.2) is 0 Å². The van der Waals surface area contributed by atoms with Crippen LogP contribution in [0.4, 0.5) is 0 Å². The Bertz CT molecular complexity index is 593. The average Bonchev–Trinajstić information content (AvgIpc) is 3.34. The van der Waals surface area contributed by atoms with Crippen LogP contribution in [0.2, 0.25) is 0 Å². The second kappa shape index (κ2) is 6.92. The van der Waals surface area contributed by atoms with E-state index in [1.54, 1.807) is 7.11 Å². The molecule has 1 N–H and O–H groups in total. The van der Waals surface area contributed by atoms with E-state index in [4.69, 9.17) is 9.47 Å². The van der Waals surface area contributed by atoms with Crippen LogP contribution in [0.15, 0.2) is 36.4 Å². The van der Waals surface area contributed by atoms with Crippen LogP contribution < -0.4 is 10.1 Å². The molecule has 1 aliphatic carbocycles. The maximum absolute atomic E-state index is 5.98. The van der Waals surface area contributed by atoms with Crippen molar-refractivity contribution in [2.45, 2.75) is 31.8 Å². The molecule has 0 heterocycles. The predicted molar refractivity (Wildman–Crippen MR) is 85.8 cm³/mol. The zero-order valence-electron chi connectivity index (χ0n) is 12.6. The Labute approximate surface area is 126 Å². The van der Waals surface area contributed by atoms with Crippen molar-refractivity contribution in [3.63, 3.8) is 0 Å². The van der Waals surface area contributed by atoms with Gasteiger partial charge in [0.25, 0.3) is 0 Å². The van der Waals surface area contributed by atoms with Gasteiger partial charge in [0, 0.05) is 38.3 Å². The van der Waals surface area contributed by atoms with Crippen LogP contribution >= 0.6 is 0 Å². The molecule has 3 rings (SSSR count). The Balaban J connectivity index is 1.80. The van der Waals surface area contributed by atoms with E-state index in [1.165, 1.54) is 29.2 Å². The first-order valence-corrected chi connectivity index (χ1v) is 7.74. The summed E-state index contributed by atoms with van der Waals surface area (Å²) in [6.45, 7) is 2.32. The minimum Gasteiger partial charge on any atom is -0.493 e. The number of methoxy groups -OCH3 is 1. The van der Waals surface area contributed by atoms with Gasteiger partial charge >= 0.3 is 0 Å². The number of ether oxygens (including phenoxy) is 2. The van der Waals surface area contributed by atoms with Gasteiger partial charge in [-0.1, -0.05) is 30.3 Å². The highest BCUT2D eigenvalue weighted by Gasteiger charge is 2.21. The largest absolute Gasteiger partial charge is 0.493 e. The van der Waals surface area contributed by atoms with Crippen LogP contribution in [-0.2, 0) is 11.3 Å². The lowest BCUT2D eigenvalue weighted by Crippen LogP contribution is -2.16. The number of rotatable bonds is 8. The molecule has 3 nitrogen and oxygen atoms in total. The maximum Gasteiger partial charge on any atom is 0.124 e. The maximum atomic E-state index is 5.98. The first kappa shape index (κ1) is 14.4. The topological polar surface area (TPSA) is 30.5 Å². The fraction of sp³-hybridized carbons (Fsp3) is 0.444. The molecule has 21 heavy (non-hydrogen) atoms. The third kappa shape index (κ3) is 3.74. The van der Waals surface area contributed by atoms with Crippen LogP contribution in [-0.4, -0.2) is 26.4 Å². The van der Waals surface area contributed by atoms with E-state index in [1.807, 2.05) is 0 Å². The zero-order valence-corrected chi connectivity index (χ0v) is 12.6. The number of hydrogen-bond acceptors (Lipinski definition) is 3. The lowest BCUT2D eigenvalue weighted by atomic mass is 10.0. The molecule has 3 heteroatoms. The number of fused-ring (bicyclic) bond motifs is 1. The number of hydrogen-bond donors (Lipinski definition) is 1. The quantitative estimate of drug-likeness (QED) is 0.753. The molecule has 0 atom stereocenters. The van der Waals surface area contributed by atoms with Gasteiger partial charge in [-0.05, 0) is 29.7 Å². The number of nitrogens with one attached hydrogen (secondary N) is 1. The molecule has 0 unspecified atom stereocenters. The SMILES string of the molecule is COCCCOc1ccc2ccccc2c1CNC1CC1. The molecule has 0 spiro atoms. The van der Waals surface area contributed by atoms with Gasteiger partial charge in [0.1, 0.15) is 5.75 Å². The minimum absolute atomic E-state index is 0.697. The smallest absolute Gasteiger partial charge is 0.124 e. The van der Waals surface area contributed by atoms with Crippen molar-refractivity contribution >= 4 is 10.8 Å². The summed E-state index contributed by atoms with van der Waals surface area (Å²) >= 11 is 0. The molecular formula is C18H23NO2. The summed E-state index contributed by atoms with van der Waals surface area (Å²) in [6.07, 6.45) is 3.52. The second-order valence-electron chi connectivity index (χ2n) is 5.61. The molecule has 2 aromatic rings. The molecule has 2 aromatic carbocycles. The Morgan fingerprint density at radius 3 is 2.76 bits per heavy atom. The highest BCUT2D eigenvalue weighted by Crippen LogP contribution is 2.29. The first-order valence-electron chi connectivity index (χ1n) is 7.74. The monoisotopic (exact) mass is 285 g/mol. The highest BCUT2D eigenvalue weighted by molar-refractivity contribution is 5.87. The summed E-state index contributed by atoms with van der Waals surface area (Å²) in [7, 11) is 1.72. The summed E-state index contributed by atoms with van der Waals surface area (Å²) in [6, 6.07) is 13.5. The zero-order chi connectivity index (χ0) is 14.5. The van der Waals surface area contributed by atoms with Gasteiger partial charge in [0.05, 0.1) is 6.61 Å². The molecule has 0 saturated heterocycles. The standard InChI is InChI=1S/C18H23NO2/c1-20-11-4-12-21-18-10-7-14-5-2-3-6-16(14)17(18)13-19-15-8-9-15/h2-3,5-7,10,15,19H,4,8-9,11-13H2,1H3. The van der Waals surface area contributed by atoms with Crippen molar-refractivity contribution in [1.82, 2.24) is 5.32 Å². The number of benzene rings is 2. The normalized spacial score (nSPS) is 14.5. The van der Waals surface area contributed by atoms with Gasteiger partial charge in [-0.3, -0.25) is 0 Å². The fourth-order valence-electron chi connectivity index (χ4n) is 2.55. The third-order valence-electron chi connectivity index (χ3n) is 3.89. The molecule has 112 valence electrons. The summed E-state index contributed by atoms with van der Waals surface area (Å²) in [5.74, 6) is 0.998. The van der Waals surface area contributed by atoms with Crippen LogP contribution in [0.5, 0.6) is 5.75 Å². The molecule has 0 bridgehead atoms. The van der Waals surface area contributed by atoms with Gasteiger partial charge in [-0.2, -0.15) is 0 Å². The molecule has 1 aliphatic rings. The van der Waals surface area contributed by atoms with Crippen molar-refractivity contribution in [3.8, 4) is 5.75 Å². The lowest BCUT2D eigenvalue weighted by Gasteiger charge is -2.15. The van der Waals surface area contributed by atoms with Gasteiger partial charge in [-0.25, -0.2) is 0 Å². The molecule has 0 amide bonds. The predicted octanol–water partition coefficient (Wildman–Crippen LogP) is 3.51. The molecule has 0 aromatic heterocycles. The third-order valence-corrected chi connectivity index (χ3v) is 3.89. The molecular weight excluding hydrogens is 262 g/mol. The molecule has 0 radical (unpaired) electrons. The van der Waals surface area contributed by atoms with Gasteiger partial charge in [0.2, 0.25) is 0 Å². The molecule has 0 aliphatic heterocycles. The molecule has 1 saturated carbocycles. The lowest BCUT2D eigenvalue weighted by molar-refractivity contribution is 0.172. The van der Waals surface area contributed by atoms with Gasteiger partial charge in [-0.15, -0.1) is 0 Å².